The average molecular weight is 294 g/mol. The van der Waals surface area contributed by atoms with E-state index in [1.54, 1.807) is 7.11 Å². The zero-order valence-electron chi connectivity index (χ0n) is 11.1. The topological polar surface area (TPSA) is 47.6 Å². The Bertz CT molecular complexity index is 630. The maximum Gasteiger partial charge on any atom is 0.407 e. The summed E-state index contributed by atoms with van der Waals surface area (Å²) in [5.74, 6) is 0.845. The van der Waals surface area contributed by atoms with Gasteiger partial charge in [0.2, 0.25) is 0 Å². The Morgan fingerprint density at radius 1 is 1.20 bits per heavy atom. The molecule has 1 heterocycles. The molecule has 1 aliphatic rings. The summed E-state index contributed by atoms with van der Waals surface area (Å²) < 4.78 is 10.3. The number of rotatable bonds is 2. The van der Waals surface area contributed by atoms with Gasteiger partial charge in [0.25, 0.3) is 0 Å². The van der Waals surface area contributed by atoms with Crippen LogP contribution in [-0.4, -0.2) is 19.8 Å². The molecule has 1 N–H and O–H groups in total. The molecule has 1 saturated heterocycles. The second kappa shape index (κ2) is 6.01. The van der Waals surface area contributed by atoms with Crippen molar-refractivity contribution >= 4 is 29.3 Å². The fourth-order valence-electron chi connectivity index (χ4n) is 2.54. The summed E-state index contributed by atoms with van der Waals surface area (Å²) in [6, 6.07) is 12.0. The molecule has 2 aromatic carbocycles. The minimum absolute atomic E-state index is 0. The van der Waals surface area contributed by atoms with Gasteiger partial charge in [-0.25, -0.2) is 4.79 Å². The van der Waals surface area contributed by atoms with Crippen LogP contribution in [0.1, 0.15) is 18.0 Å². The van der Waals surface area contributed by atoms with Crippen molar-refractivity contribution in [3.05, 3.63) is 42.0 Å². The highest BCUT2D eigenvalue weighted by Crippen LogP contribution is 2.33. The van der Waals surface area contributed by atoms with E-state index in [9.17, 15) is 4.79 Å². The highest BCUT2D eigenvalue weighted by Gasteiger charge is 2.22. The number of cyclic esters (lactones) is 1. The van der Waals surface area contributed by atoms with Gasteiger partial charge in [0.15, 0.2) is 0 Å². The summed E-state index contributed by atoms with van der Waals surface area (Å²) in [7, 11) is 1.66. The van der Waals surface area contributed by atoms with Crippen molar-refractivity contribution in [1.29, 1.82) is 0 Å². The Morgan fingerprint density at radius 3 is 2.65 bits per heavy atom. The van der Waals surface area contributed by atoms with E-state index in [4.69, 9.17) is 9.47 Å². The van der Waals surface area contributed by atoms with Crippen LogP contribution in [0.3, 0.4) is 0 Å². The minimum Gasteiger partial charge on any atom is -0.496 e. The van der Waals surface area contributed by atoms with Crippen LogP contribution >= 0.6 is 12.4 Å². The number of ether oxygens (including phenoxy) is 2. The van der Waals surface area contributed by atoms with E-state index in [1.807, 2.05) is 30.3 Å². The number of carbonyl (C=O) groups excluding carboxylic acids is 1. The Labute approximate surface area is 123 Å². The van der Waals surface area contributed by atoms with Gasteiger partial charge in [0, 0.05) is 11.8 Å². The van der Waals surface area contributed by atoms with Crippen molar-refractivity contribution in [3.63, 3.8) is 0 Å². The zero-order chi connectivity index (χ0) is 13.2. The molecule has 0 aromatic heterocycles. The zero-order valence-corrected chi connectivity index (χ0v) is 11.9. The van der Waals surface area contributed by atoms with E-state index in [-0.39, 0.29) is 24.5 Å². The second-order valence-corrected chi connectivity index (χ2v) is 4.52. The maximum atomic E-state index is 11.3. The summed E-state index contributed by atoms with van der Waals surface area (Å²) in [6.45, 7) is 0.455. The van der Waals surface area contributed by atoms with Crippen molar-refractivity contribution in [2.75, 3.05) is 13.7 Å². The largest absolute Gasteiger partial charge is 0.496 e. The van der Waals surface area contributed by atoms with Crippen LogP contribution in [-0.2, 0) is 4.74 Å². The van der Waals surface area contributed by atoms with Crippen LogP contribution in [0.25, 0.3) is 10.8 Å². The lowest BCUT2D eigenvalue weighted by Crippen LogP contribution is -2.35. The van der Waals surface area contributed by atoms with Crippen molar-refractivity contribution in [2.45, 2.75) is 12.5 Å². The molecular weight excluding hydrogens is 278 g/mol. The Hall–Kier alpha value is -1.94. The summed E-state index contributed by atoms with van der Waals surface area (Å²) >= 11 is 0. The molecule has 3 rings (SSSR count). The van der Waals surface area contributed by atoms with Gasteiger partial charge < -0.3 is 14.8 Å². The monoisotopic (exact) mass is 293 g/mol. The molecule has 0 bridgehead atoms. The standard InChI is InChI=1S/C15H15NO3.ClH/c1-18-14-7-6-11(10-4-2-3-5-12(10)14)13-8-9-19-15(17)16-13;/h2-7,13H,8-9H2,1H3,(H,16,17);1H/t13-;/m1./s1. The first-order chi connectivity index (χ1) is 9.29. The van der Waals surface area contributed by atoms with Gasteiger partial charge >= 0.3 is 6.09 Å². The second-order valence-electron chi connectivity index (χ2n) is 4.52. The lowest BCUT2D eigenvalue weighted by atomic mass is 9.96. The number of alkyl carbamates (subject to hydrolysis) is 1. The van der Waals surface area contributed by atoms with Gasteiger partial charge in [0.1, 0.15) is 5.75 Å². The molecule has 0 radical (unpaired) electrons. The quantitative estimate of drug-likeness (QED) is 0.922. The highest BCUT2D eigenvalue weighted by atomic mass is 35.5. The van der Waals surface area contributed by atoms with Gasteiger partial charge in [-0.15, -0.1) is 12.4 Å². The molecule has 2 aromatic rings. The normalized spacial score (nSPS) is 17.9. The summed E-state index contributed by atoms with van der Waals surface area (Å²) in [6.07, 6.45) is 0.429. The van der Waals surface area contributed by atoms with Crippen LogP contribution in [0.5, 0.6) is 5.75 Å². The van der Waals surface area contributed by atoms with Crippen molar-refractivity contribution in [2.24, 2.45) is 0 Å². The number of hydrogen-bond acceptors (Lipinski definition) is 3. The first-order valence-corrected chi connectivity index (χ1v) is 6.28. The van der Waals surface area contributed by atoms with Crippen LogP contribution in [0.15, 0.2) is 36.4 Å². The minimum atomic E-state index is -0.351. The molecule has 106 valence electrons. The van der Waals surface area contributed by atoms with Crippen LogP contribution in [0.2, 0.25) is 0 Å². The predicted octanol–water partition coefficient (Wildman–Crippen LogP) is 3.44. The van der Waals surface area contributed by atoms with E-state index in [2.05, 4.69) is 11.4 Å². The van der Waals surface area contributed by atoms with Crippen LogP contribution < -0.4 is 10.1 Å². The molecule has 4 nitrogen and oxygen atoms in total. The first-order valence-electron chi connectivity index (χ1n) is 6.28. The maximum absolute atomic E-state index is 11.3. The number of nitrogens with one attached hydrogen (secondary N) is 1. The molecule has 5 heteroatoms. The van der Waals surface area contributed by atoms with Gasteiger partial charge in [-0.3, -0.25) is 0 Å². The number of amides is 1. The third kappa shape index (κ3) is 2.51. The summed E-state index contributed by atoms with van der Waals surface area (Å²) in [4.78, 5) is 11.3. The molecule has 0 saturated carbocycles. The Kier molecular flexibility index (Phi) is 4.35. The fourth-order valence-corrected chi connectivity index (χ4v) is 2.54. The molecule has 1 fully saturated rings. The number of hydrogen-bond donors (Lipinski definition) is 1. The van der Waals surface area contributed by atoms with E-state index in [0.29, 0.717) is 6.61 Å². The molecular formula is C15H16ClNO3. The molecule has 1 aliphatic heterocycles. The third-order valence-corrected chi connectivity index (χ3v) is 3.44. The number of methoxy groups -OCH3 is 1. The lowest BCUT2D eigenvalue weighted by Gasteiger charge is -2.25. The van der Waals surface area contributed by atoms with E-state index < -0.39 is 0 Å². The van der Waals surface area contributed by atoms with Crippen molar-refractivity contribution in [3.8, 4) is 5.75 Å². The number of benzene rings is 2. The SMILES string of the molecule is COc1ccc([C@H]2CCOC(=O)N2)c2ccccc12.Cl. The number of carbonyl (C=O) groups is 1. The van der Waals surface area contributed by atoms with Crippen molar-refractivity contribution in [1.82, 2.24) is 5.32 Å². The molecule has 1 atom stereocenters. The fraction of sp³-hybridized carbons (Fsp3) is 0.267. The molecule has 0 spiro atoms. The van der Waals surface area contributed by atoms with E-state index >= 15 is 0 Å². The lowest BCUT2D eigenvalue weighted by molar-refractivity contribution is 0.115. The first kappa shape index (κ1) is 14.5. The van der Waals surface area contributed by atoms with E-state index in [1.165, 1.54) is 0 Å². The van der Waals surface area contributed by atoms with E-state index in [0.717, 1.165) is 28.5 Å². The van der Waals surface area contributed by atoms with Gasteiger partial charge in [-0.2, -0.15) is 0 Å². The van der Waals surface area contributed by atoms with Crippen LogP contribution in [0, 0.1) is 0 Å². The van der Waals surface area contributed by atoms with Gasteiger partial charge in [0.05, 0.1) is 19.8 Å². The van der Waals surface area contributed by atoms with Gasteiger partial charge in [-0.05, 0) is 17.0 Å². The van der Waals surface area contributed by atoms with Crippen molar-refractivity contribution < 1.29 is 14.3 Å². The third-order valence-electron chi connectivity index (χ3n) is 3.44. The number of halogens is 1. The average Bonchev–Trinajstić information content (AvgIpc) is 2.46. The van der Waals surface area contributed by atoms with Gasteiger partial charge in [-0.1, -0.05) is 30.3 Å². The Morgan fingerprint density at radius 2 is 1.95 bits per heavy atom. The highest BCUT2D eigenvalue weighted by molar-refractivity contribution is 5.91. The smallest absolute Gasteiger partial charge is 0.407 e. The molecule has 1 amide bonds. The number of fused-ring (bicyclic) bond motifs is 1. The predicted molar refractivity (Wildman–Crippen MR) is 79.6 cm³/mol. The van der Waals surface area contributed by atoms with Crippen LogP contribution in [0.4, 0.5) is 4.79 Å². The molecule has 0 unspecified atom stereocenters. The molecule has 20 heavy (non-hydrogen) atoms. The summed E-state index contributed by atoms with van der Waals surface area (Å²) in [5.41, 5.74) is 1.10. The molecule has 0 aliphatic carbocycles. The summed E-state index contributed by atoms with van der Waals surface area (Å²) in [5, 5.41) is 5.02. The Balaban J connectivity index is 0.00000147.